The summed E-state index contributed by atoms with van der Waals surface area (Å²) in [5.74, 6) is 0.655. The summed E-state index contributed by atoms with van der Waals surface area (Å²) in [5, 5.41) is 5.35. The number of nitrogens with one attached hydrogen (secondary N) is 2. The van der Waals surface area contributed by atoms with Gasteiger partial charge in [0.05, 0.1) is 23.9 Å². The number of alkyl halides is 6. The Morgan fingerprint density at radius 3 is 2.48 bits per heavy atom. The zero-order valence-corrected chi connectivity index (χ0v) is 21.7. The Balaban J connectivity index is 1.49. The fraction of sp³-hybridized carbons (Fsp3) is 0.407. The average molecular weight is 571 g/mol. The molecule has 2 aromatic rings. The van der Waals surface area contributed by atoms with Gasteiger partial charge in [-0.15, -0.1) is 0 Å². The monoisotopic (exact) mass is 570 g/mol. The minimum atomic E-state index is -5.01. The second-order valence-corrected chi connectivity index (χ2v) is 9.50. The SMILES string of the molecule is COc1cc(/C=C2\NC(=O)NC2=NCCC2CCCN2C)ccc1OCc1ccc(C(F)(F)F)cc1C(F)(F)F. The Labute approximate surface area is 226 Å². The van der Waals surface area contributed by atoms with Crippen molar-refractivity contribution in [3.8, 4) is 11.5 Å². The van der Waals surface area contributed by atoms with Gasteiger partial charge in [-0.2, -0.15) is 26.3 Å². The highest BCUT2D eigenvalue weighted by atomic mass is 19.4. The average Bonchev–Trinajstić information content (AvgIpc) is 3.45. The third-order valence-corrected chi connectivity index (χ3v) is 6.76. The van der Waals surface area contributed by atoms with Gasteiger partial charge >= 0.3 is 18.4 Å². The maximum atomic E-state index is 13.5. The van der Waals surface area contributed by atoms with Gasteiger partial charge in [0, 0.05) is 18.2 Å². The first-order valence-electron chi connectivity index (χ1n) is 12.5. The van der Waals surface area contributed by atoms with Crippen LogP contribution in [0.15, 0.2) is 47.1 Å². The van der Waals surface area contributed by atoms with E-state index in [0.717, 1.165) is 31.9 Å². The summed E-state index contributed by atoms with van der Waals surface area (Å²) in [6.45, 7) is 0.945. The number of carbonyl (C=O) groups excluding carboxylic acids is 1. The van der Waals surface area contributed by atoms with E-state index in [1.165, 1.54) is 13.2 Å². The molecule has 0 bridgehead atoms. The van der Waals surface area contributed by atoms with Crippen LogP contribution < -0.4 is 20.1 Å². The van der Waals surface area contributed by atoms with E-state index in [-0.39, 0.29) is 17.6 Å². The molecule has 4 rings (SSSR count). The lowest BCUT2D eigenvalue weighted by molar-refractivity contribution is -0.143. The van der Waals surface area contributed by atoms with E-state index < -0.39 is 41.7 Å². The largest absolute Gasteiger partial charge is 0.493 e. The number of amides is 2. The van der Waals surface area contributed by atoms with Crippen LogP contribution in [0.4, 0.5) is 31.1 Å². The molecular weight excluding hydrogens is 542 g/mol. The molecule has 0 saturated carbocycles. The lowest BCUT2D eigenvalue weighted by atomic mass is 10.0. The number of methoxy groups -OCH3 is 1. The summed E-state index contributed by atoms with van der Waals surface area (Å²) in [4.78, 5) is 18.8. The molecule has 0 aliphatic carbocycles. The van der Waals surface area contributed by atoms with Gasteiger partial charge in [-0.25, -0.2) is 4.79 Å². The molecule has 2 amide bonds. The van der Waals surface area contributed by atoms with E-state index in [0.29, 0.717) is 35.7 Å². The van der Waals surface area contributed by atoms with Crippen molar-refractivity contribution in [1.29, 1.82) is 0 Å². The lowest BCUT2D eigenvalue weighted by Gasteiger charge is -2.18. The van der Waals surface area contributed by atoms with Crippen molar-refractivity contribution in [2.75, 3.05) is 27.2 Å². The highest BCUT2D eigenvalue weighted by Crippen LogP contribution is 2.38. The Hall–Kier alpha value is -3.74. The van der Waals surface area contributed by atoms with Crippen LogP contribution in [0.3, 0.4) is 0 Å². The van der Waals surface area contributed by atoms with Crippen LogP contribution in [0.5, 0.6) is 11.5 Å². The zero-order valence-electron chi connectivity index (χ0n) is 21.7. The van der Waals surface area contributed by atoms with Crippen LogP contribution in [0.25, 0.3) is 6.08 Å². The van der Waals surface area contributed by atoms with Gasteiger partial charge in [0.1, 0.15) is 6.61 Å². The van der Waals surface area contributed by atoms with Crippen molar-refractivity contribution in [2.24, 2.45) is 4.99 Å². The Morgan fingerprint density at radius 2 is 1.82 bits per heavy atom. The number of carbonyl (C=O) groups is 1. The maximum Gasteiger partial charge on any atom is 0.416 e. The van der Waals surface area contributed by atoms with Gasteiger partial charge in [0.2, 0.25) is 0 Å². The Kier molecular flexibility index (Phi) is 8.62. The molecule has 2 saturated heterocycles. The van der Waals surface area contributed by atoms with Gasteiger partial charge in [-0.3, -0.25) is 10.3 Å². The summed E-state index contributed by atoms with van der Waals surface area (Å²) in [6.07, 6.45) is -5.15. The van der Waals surface area contributed by atoms with Crippen molar-refractivity contribution in [1.82, 2.24) is 15.5 Å². The van der Waals surface area contributed by atoms with E-state index in [2.05, 4.69) is 27.6 Å². The van der Waals surface area contributed by atoms with E-state index in [4.69, 9.17) is 9.47 Å². The van der Waals surface area contributed by atoms with Gasteiger partial charge < -0.3 is 19.7 Å². The quantitative estimate of drug-likeness (QED) is 0.391. The fourth-order valence-electron chi connectivity index (χ4n) is 4.64. The molecule has 0 aromatic heterocycles. The molecule has 2 aliphatic rings. The number of halogens is 6. The van der Waals surface area contributed by atoms with E-state index in [1.807, 2.05) is 0 Å². The number of benzene rings is 2. The predicted octanol–water partition coefficient (Wildman–Crippen LogP) is 5.85. The van der Waals surface area contributed by atoms with Crippen LogP contribution in [0, 0.1) is 0 Å². The van der Waals surface area contributed by atoms with Gasteiger partial charge in [-0.1, -0.05) is 12.1 Å². The molecule has 2 aliphatic heterocycles. The summed E-state index contributed by atoms with van der Waals surface area (Å²) in [7, 11) is 3.42. The Morgan fingerprint density at radius 1 is 1.05 bits per heavy atom. The number of urea groups is 1. The second-order valence-electron chi connectivity index (χ2n) is 9.50. The lowest BCUT2D eigenvalue weighted by Crippen LogP contribution is -2.26. The molecule has 2 heterocycles. The molecule has 0 radical (unpaired) electrons. The highest BCUT2D eigenvalue weighted by Gasteiger charge is 2.38. The van der Waals surface area contributed by atoms with Crippen molar-refractivity contribution in [3.63, 3.8) is 0 Å². The zero-order chi connectivity index (χ0) is 29.1. The molecule has 216 valence electrons. The normalized spacial score (nSPS) is 20.2. The molecule has 40 heavy (non-hydrogen) atoms. The predicted molar refractivity (Wildman–Crippen MR) is 136 cm³/mol. The number of rotatable bonds is 8. The molecule has 2 fully saturated rings. The fourth-order valence-corrected chi connectivity index (χ4v) is 4.64. The van der Waals surface area contributed by atoms with E-state index >= 15 is 0 Å². The number of amidine groups is 1. The summed E-state index contributed by atoms with van der Waals surface area (Å²) >= 11 is 0. The van der Waals surface area contributed by atoms with E-state index in [9.17, 15) is 31.1 Å². The van der Waals surface area contributed by atoms with Gasteiger partial charge in [-0.05, 0) is 68.8 Å². The standard InChI is InChI=1S/C27H28F6N4O3/c1-37-11-3-4-19(37)9-10-34-24-21(35-25(38)36-24)12-16-5-8-22(23(13-16)39-2)40-15-17-6-7-18(26(28,29)30)14-20(17)27(31,32)33/h5-8,12-14,19H,3-4,9-11,15H2,1-2H3,(H2,34,35,36,38)/b21-12-. The summed E-state index contributed by atoms with van der Waals surface area (Å²) < 4.78 is 90.1. The summed E-state index contributed by atoms with van der Waals surface area (Å²) in [6, 6.07) is 6.03. The number of hydrogen-bond donors (Lipinski definition) is 2. The third kappa shape index (κ3) is 7.06. The van der Waals surface area contributed by atoms with Crippen LogP contribution >= 0.6 is 0 Å². The maximum absolute atomic E-state index is 13.5. The smallest absolute Gasteiger partial charge is 0.416 e. The van der Waals surface area contributed by atoms with Crippen molar-refractivity contribution in [3.05, 3.63) is 64.3 Å². The second kappa shape index (κ2) is 11.8. The van der Waals surface area contributed by atoms with E-state index in [1.54, 1.807) is 18.2 Å². The first kappa shape index (κ1) is 29.2. The number of aliphatic imine (C=N–C) groups is 1. The van der Waals surface area contributed by atoms with Crippen molar-refractivity contribution >= 4 is 17.9 Å². The van der Waals surface area contributed by atoms with Crippen molar-refractivity contribution < 1.29 is 40.6 Å². The molecular formula is C27H28F6N4O3. The first-order valence-corrected chi connectivity index (χ1v) is 12.5. The molecule has 2 N–H and O–H groups in total. The number of hydrogen-bond acceptors (Lipinski definition) is 5. The third-order valence-electron chi connectivity index (χ3n) is 6.76. The number of ether oxygens (including phenoxy) is 2. The highest BCUT2D eigenvalue weighted by molar-refractivity contribution is 6.16. The first-order chi connectivity index (χ1) is 18.8. The Bertz CT molecular complexity index is 1310. The number of likely N-dealkylation sites (tertiary alicyclic amines) is 1. The van der Waals surface area contributed by atoms with Crippen LogP contribution in [0.2, 0.25) is 0 Å². The molecule has 2 aromatic carbocycles. The summed E-state index contributed by atoms with van der Waals surface area (Å²) in [5.41, 5.74) is -2.27. The topological polar surface area (TPSA) is 75.2 Å². The van der Waals surface area contributed by atoms with Crippen LogP contribution in [-0.4, -0.2) is 50.1 Å². The molecule has 13 heteroatoms. The van der Waals surface area contributed by atoms with Gasteiger partial charge in [0.15, 0.2) is 17.3 Å². The molecule has 7 nitrogen and oxygen atoms in total. The molecule has 0 spiro atoms. The molecule has 1 unspecified atom stereocenters. The van der Waals surface area contributed by atoms with Crippen molar-refractivity contribution in [2.45, 2.75) is 44.3 Å². The van der Waals surface area contributed by atoms with Gasteiger partial charge in [0.25, 0.3) is 0 Å². The minimum absolute atomic E-state index is 0.0697. The van der Waals surface area contributed by atoms with Crippen LogP contribution in [0.1, 0.15) is 41.5 Å². The molecule has 1 atom stereocenters. The van der Waals surface area contributed by atoms with Crippen LogP contribution in [-0.2, 0) is 19.0 Å². The number of nitrogens with zero attached hydrogens (tertiary/aromatic N) is 2. The minimum Gasteiger partial charge on any atom is -0.493 e.